The van der Waals surface area contributed by atoms with E-state index in [-0.39, 0.29) is 11.7 Å². The predicted octanol–water partition coefficient (Wildman–Crippen LogP) is 3.27. The molecule has 2 nitrogen and oxygen atoms in total. The molecular weight excluding hydrogens is 205 g/mol. The molecule has 1 aromatic rings. The first kappa shape index (κ1) is 11.0. The van der Waals surface area contributed by atoms with E-state index in [0.717, 1.165) is 18.4 Å². The summed E-state index contributed by atoms with van der Waals surface area (Å²) in [6.07, 6.45) is 3.32. The summed E-state index contributed by atoms with van der Waals surface area (Å²) in [6, 6.07) is 5.01. The number of nitrogens with zero attached hydrogens (tertiary/aromatic N) is 1. The van der Waals surface area contributed by atoms with Crippen LogP contribution in [0.5, 0.6) is 0 Å². The summed E-state index contributed by atoms with van der Waals surface area (Å²) in [5.41, 5.74) is 1.21. The van der Waals surface area contributed by atoms with Crippen molar-refractivity contribution >= 4 is 6.08 Å². The van der Waals surface area contributed by atoms with Crippen molar-refractivity contribution in [3.05, 3.63) is 35.1 Å². The largest absolute Gasteiger partial charge is 0.235 e. The molecular formula is C13H14FNO. The van der Waals surface area contributed by atoms with Crippen LogP contribution >= 0.6 is 0 Å². The average molecular weight is 219 g/mol. The van der Waals surface area contributed by atoms with E-state index in [4.69, 9.17) is 0 Å². The molecule has 0 radical (unpaired) electrons. The van der Waals surface area contributed by atoms with Crippen molar-refractivity contribution in [1.29, 1.82) is 0 Å². The molecule has 3 heteroatoms. The highest BCUT2D eigenvalue weighted by Crippen LogP contribution is 2.49. The van der Waals surface area contributed by atoms with Gasteiger partial charge in [0.15, 0.2) is 0 Å². The first-order chi connectivity index (χ1) is 7.59. The van der Waals surface area contributed by atoms with Crippen LogP contribution in [0.1, 0.15) is 43.7 Å². The monoisotopic (exact) mass is 219 g/mol. The second-order valence-corrected chi connectivity index (χ2v) is 4.63. The van der Waals surface area contributed by atoms with Crippen molar-refractivity contribution in [3.8, 4) is 0 Å². The Morgan fingerprint density at radius 1 is 1.44 bits per heavy atom. The maximum Gasteiger partial charge on any atom is 0.235 e. The van der Waals surface area contributed by atoms with Gasteiger partial charge in [0.1, 0.15) is 5.82 Å². The van der Waals surface area contributed by atoms with Gasteiger partial charge in [-0.1, -0.05) is 26.0 Å². The number of aliphatic imine (C=N–C) groups is 1. The van der Waals surface area contributed by atoms with Gasteiger partial charge in [-0.3, -0.25) is 0 Å². The van der Waals surface area contributed by atoms with Crippen LogP contribution in [-0.2, 0) is 10.3 Å². The quantitative estimate of drug-likeness (QED) is 0.566. The highest BCUT2D eigenvalue weighted by molar-refractivity contribution is 5.42. The van der Waals surface area contributed by atoms with Gasteiger partial charge in [-0.2, -0.15) is 4.99 Å². The molecule has 0 unspecified atom stereocenters. The SMILES string of the molecule is CC(C)c1cc(C2(N=C=O)CC2)ccc1F. The summed E-state index contributed by atoms with van der Waals surface area (Å²) in [5, 5.41) is 0. The second kappa shape index (κ2) is 3.84. The smallest absolute Gasteiger partial charge is 0.211 e. The minimum atomic E-state index is -0.404. The van der Waals surface area contributed by atoms with Crippen LogP contribution in [0.15, 0.2) is 23.2 Å². The molecule has 1 aliphatic carbocycles. The summed E-state index contributed by atoms with van der Waals surface area (Å²) in [4.78, 5) is 14.2. The van der Waals surface area contributed by atoms with Crippen molar-refractivity contribution < 1.29 is 9.18 Å². The number of benzene rings is 1. The van der Waals surface area contributed by atoms with E-state index in [1.54, 1.807) is 12.1 Å². The lowest BCUT2D eigenvalue weighted by atomic mass is 9.96. The van der Waals surface area contributed by atoms with Crippen molar-refractivity contribution in [1.82, 2.24) is 0 Å². The molecule has 16 heavy (non-hydrogen) atoms. The highest BCUT2D eigenvalue weighted by atomic mass is 19.1. The van der Waals surface area contributed by atoms with E-state index in [1.165, 1.54) is 6.07 Å². The van der Waals surface area contributed by atoms with E-state index < -0.39 is 5.54 Å². The molecule has 0 saturated heterocycles. The molecule has 0 heterocycles. The predicted molar refractivity (Wildman–Crippen MR) is 59.5 cm³/mol. The Hall–Kier alpha value is -1.47. The first-order valence-corrected chi connectivity index (χ1v) is 5.48. The average Bonchev–Trinajstić information content (AvgIpc) is 2.99. The molecule has 0 amide bonds. The lowest BCUT2D eigenvalue weighted by Gasteiger charge is -2.13. The van der Waals surface area contributed by atoms with Crippen LogP contribution in [0.3, 0.4) is 0 Å². The van der Waals surface area contributed by atoms with Gasteiger partial charge in [-0.05, 0) is 36.0 Å². The maximum atomic E-state index is 13.5. The van der Waals surface area contributed by atoms with E-state index in [2.05, 4.69) is 4.99 Å². The van der Waals surface area contributed by atoms with Gasteiger partial charge in [0, 0.05) is 0 Å². The molecule has 1 fully saturated rings. The van der Waals surface area contributed by atoms with Crippen LogP contribution < -0.4 is 0 Å². The molecule has 0 aromatic heterocycles. The minimum Gasteiger partial charge on any atom is -0.211 e. The topological polar surface area (TPSA) is 29.4 Å². The first-order valence-electron chi connectivity index (χ1n) is 5.48. The highest BCUT2D eigenvalue weighted by Gasteiger charge is 2.45. The number of hydrogen-bond acceptors (Lipinski definition) is 2. The summed E-state index contributed by atoms with van der Waals surface area (Å²) < 4.78 is 13.5. The molecule has 1 saturated carbocycles. The van der Waals surface area contributed by atoms with Gasteiger partial charge in [0.05, 0.1) is 5.54 Å². The third kappa shape index (κ3) is 1.79. The molecule has 2 rings (SSSR count). The van der Waals surface area contributed by atoms with E-state index in [1.807, 2.05) is 19.9 Å². The Labute approximate surface area is 94.2 Å². The Kier molecular flexibility index (Phi) is 2.64. The lowest BCUT2D eigenvalue weighted by molar-refractivity contribution is 0.555. The molecule has 1 aliphatic rings. The third-order valence-electron chi connectivity index (χ3n) is 3.14. The molecule has 84 valence electrons. The normalized spacial score (nSPS) is 17.0. The van der Waals surface area contributed by atoms with Crippen molar-refractivity contribution in [3.63, 3.8) is 0 Å². The van der Waals surface area contributed by atoms with Gasteiger partial charge in [0.2, 0.25) is 6.08 Å². The van der Waals surface area contributed by atoms with Crippen LogP contribution in [-0.4, -0.2) is 6.08 Å². The summed E-state index contributed by atoms with van der Waals surface area (Å²) in [6.45, 7) is 3.90. The van der Waals surface area contributed by atoms with Crippen LogP contribution in [0.4, 0.5) is 4.39 Å². The van der Waals surface area contributed by atoms with Gasteiger partial charge in [-0.15, -0.1) is 0 Å². The summed E-state index contributed by atoms with van der Waals surface area (Å²) >= 11 is 0. The zero-order valence-electron chi connectivity index (χ0n) is 9.46. The second-order valence-electron chi connectivity index (χ2n) is 4.63. The Balaban J connectivity index is 2.44. The van der Waals surface area contributed by atoms with Gasteiger partial charge < -0.3 is 0 Å². The zero-order chi connectivity index (χ0) is 11.8. The van der Waals surface area contributed by atoms with E-state index in [0.29, 0.717) is 5.56 Å². The standard InChI is InChI=1S/C13H14FNO/c1-9(2)11-7-10(3-4-12(11)14)13(5-6-13)15-8-16/h3-4,7,9H,5-6H2,1-2H3. The molecule has 0 aliphatic heterocycles. The number of carbonyl (C=O) groups excluding carboxylic acids is 1. The maximum absolute atomic E-state index is 13.5. The van der Waals surface area contributed by atoms with Crippen molar-refractivity contribution in [2.75, 3.05) is 0 Å². The van der Waals surface area contributed by atoms with Gasteiger partial charge in [-0.25, -0.2) is 9.18 Å². The zero-order valence-corrected chi connectivity index (χ0v) is 9.46. The third-order valence-corrected chi connectivity index (χ3v) is 3.14. The molecule has 0 atom stereocenters. The lowest BCUT2D eigenvalue weighted by Crippen LogP contribution is -2.05. The molecule has 1 aromatic carbocycles. The van der Waals surface area contributed by atoms with Crippen molar-refractivity contribution in [2.24, 2.45) is 4.99 Å². The van der Waals surface area contributed by atoms with Crippen LogP contribution in [0, 0.1) is 5.82 Å². The minimum absolute atomic E-state index is 0.135. The van der Waals surface area contributed by atoms with Crippen LogP contribution in [0.25, 0.3) is 0 Å². The van der Waals surface area contributed by atoms with E-state index in [9.17, 15) is 9.18 Å². The Morgan fingerprint density at radius 3 is 2.62 bits per heavy atom. The summed E-state index contributed by atoms with van der Waals surface area (Å²) in [5.74, 6) is -0.0550. The Bertz CT molecular complexity index is 457. The molecule has 0 bridgehead atoms. The summed E-state index contributed by atoms with van der Waals surface area (Å²) in [7, 11) is 0. The number of rotatable bonds is 3. The van der Waals surface area contributed by atoms with Gasteiger partial charge >= 0.3 is 0 Å². The fourth-order valence-electron chi connectivity index (χ4n) is 1.95. The number of isocyanates is 1. The van der Waals surface area contributed by atoms with Gasteiger partial charge in [0.25, 0.3) is 0 Å². The van der Waals surface area contributed by atoms with Crippen LogP contribution in [0.2, 0.25) is 0 Å². The fraction of sp³-hybridized carbons (Fsp3) is 0.462. The number of hydrogen-bond donors (Lipinski definition) is 0. The number of halogens is 1. The fourth-order valence-corrected chi connectivity index (χ4v) is 1.95. The molecule has 0 spiro atoms. The Morgan fingerprint density at radius 2 is 2.12 bits per heavy atom. The van der Waals surface area contributed by atoms with Crippen molar-refractivity contribution in [2.45, 2.75) is 38.1 Å². The van der Waals surface area contributed by atoms with E-state index >= 15 is 0 Å². The molecule has 0 N–H and O–H groups in total.